The number of fused-ring (bicyclic) bond motifs is 1. The Kier molecular flexibility index (Phi) is 6.08. The van der Waals surface area contributed by atoms with E-state index in [0.29, 0.717) is 21.9 Å². The number of thiophene rings is 2. The summed E-state index contributed by atoms with van der Waals surface area (Å²) in [7, 11) is 0. The Balaban J connectivity index is 1.58. The van der Waals surface area contributed by atoms with Crippen LogP contribution in [0.1, 0.15) is 18.1 Å². The number of aromatic nitrogens is 2. The van der Waals surface area contributed by atoms with E-state index in [1.54, 1.807) is 15.9 Å². The average molecular weight is 456 g/mol. The molecule has 30 heavy (non-hydrogen) atoms. The maximum atomic E-state index is 13.2. The fourth-order valence-corrected chi connectivity index (χ4v) is 5.94. The molecule has 1 N–H and O–H groups in total. The predicted octanol–water partition coefficient (Wildman–Crippen LogP) is 5.55. The number of carbonyl (C=O) groups is 1. The molecule has 154 valence electrons. The first-order chi connectivity index (χ1) is 14.5. The molecule has 1 amide bonds. The van der Waals surface area contributed by atoms with Crippen LogP contribution in [-0.4, -0.2) is 21.2 Å². The van der Waals surface area contributed by atoms with Crippen molar-refractivity contribution in [1.82, 2.24) is 9.55 Å². The third-order valence-electron chi connectivity index (χ3n) is 4.75. The van der Waals surface area contributed by atoms with Crippen LogP contribution in [0.5, 0.6) is 0 Å². The van der Waals surface area contributed by atoms with Crippen LogP contribution in [0, 0.1) is 13.8 Å². The van der Waals surface area contributed by atoms with Crippen molar-refractivity contribution in [3.63, 3.8) is 0 Å². The molecule has 0 fully saturated rings. The summed E-state index contributed by atoms with van der Waals surface area (Å²) in [6.07, 6.45) is 0. The van der Waals surface area contributed by atoms with Gasteiger partial charge in [-0.3, -0.25) is 14.2 Å². The number of carbonyl (C=O) groups excluding carboxylic acids is 1. The lowest BCUT2D eigenvalue weighted by Gasteiger charge is -2.11. The number of hydrogen-bond donors (Lipinski definition) is 1. The molecule has 0 aliphatic heterocycles. The van der Waals surface area contributed by atoms with E-state index in [0.717, 1.165) is 27.3 Å². The van der Waals surface area contributed by atoms with Crippen LogP contribution in [0.3, 0.4) is 0 Å². The molecule has 0 saturated carbocycles. The molecule has 0 unspecified atom stereocenters. The molecule has 0 spiro atoms. The summed E-state index contributed by atoms with van der Waals surface area (Å²) in [6.45, 7) is 6.42. The summed E-state index contributed by atoms with van der Waals surface area (Å²) >= 11 is 4.37. The van der Waals surface area contributed by atoms with Crippen LogP contribution >= 0.6 is 34.4 Å². The van der Waals surface area contributed by atoms with Crippen molar-refractivity contribution in [3.8, 4) is 10.4 Å². The number of thioether (sulfide) groups is 1. The lowest BCUT2D eigenvalue weighted by Crippen LogP contribution is -2.23. The topological polar surface area (TPSA) is 64.0 Å². The summed E-state index contributed by atoms with van der Waals surface area (Å²) in [4.78, 5) is 32.2. The number of benzene rings is 1. The minimum absolute atomic E-state index is 0.0514. The maximum Gasteiger partial charge on any atom is 0.263 e. The zero-order valence-electron chi connectivity index (χ0n) is 16.9. The van der Waals surface area contributed by atoms with Gasteiger partial charge in [0.05, 0.1) is 11.1 Å². The van der Waals surface area contributed by atoms with Gasteiger partial charge in [-0.25, -0.2) is 4.98 Å². The number of aryl methyl sites for hydroxylation is 2. The predicted molar refractivity (Wildman–Crippen MR) is 128 cm³/mol. The van der Waals surface area contributed by atoms with Gasteiger partial charge in [0.25, 0.3) is 5.56 Å². The van der Waals surface area contributed by atoms with Gasteiger partial charge in [-0.05, 0) is 43.8 Å². The van der Waals surface area contributed by atoms with Crippen molar-refractivity contribution >= 4 is 56.2 Å². The summed E-state index contributed by atoms with van der Waals surface area (Å²) in [5, 5.41) is 8.18. The van der Waals surface area contributed by atoms with Crippen molar-refractivity contribution in [2.75, 3.05) is 11.1 Å². The molecule has 0 aliphatic rings. The summed E-state index contributed by atoms with van der Waals surface area (Å²) < 4.78 is 1.65. The number of nitrogens with one attached hydrogen (secondary N) is 1. The Hall–Kier alpha value is -2.42. The van der Waals surface area contributed by atoms with Crippen LogP contribution in [0.4, 0.5) is 5.69 Å². The molecule has 0 aliphatic carbocycles. The van der Waals surface area contributed by atoms with Gasteiger partial charge in [0.2, 0.25) is 5.91 Å². The second-order valence-electron chi connectivity index (χ2n) is 6.91. The first-order valence-electron chi connectivity index (χ1n) is 9.53. The molecule has 0 saturated heterocycles. The van der Waals surface area contributed by atoms with Crippen LogP contribution in [0.2, 0.25) is 0 Å². The van der Waals surface area contributed by atoms with E-state index in [1.807, 2.05) is 61.9 Å². The maximum absolute atomic E-state index is 13.2. The Bertz CT molecular complexity index is 1270. The van der Waals surface area contributed by atoms with Crippen LogP contribution in [-0.2, 0) is 11.3 Å². The van der Waals surface area contributed by atoms with E-state index in [9.17, 15) is 9.59 Å². The summed E-state index contributed by atoms with van der Waals surface area (Å²) in [5.74, 6) is 0.0726. The molecule has 4 rings (SSSR count). The zero-order valence-corrected chi connectivity index (χ0v) is 19.3. The molecule has 3 heterocycles. The first-order valence-corrected chi connectivity index (χ1v) is 12.3. The van der Waals surface area contributed by atoms with Crippen LogP contribution in [0.15, 0.2) is 51.0 Å². The summed E-state index contributed by atoms with van der Waals surface area (Å²) in [6, 6.07) is 9.92. The van der Waals surface area contributed by atoms with E-state index in [4.69, 9.17) is 4.98 Å². The molecule has 3 aromatic heterocycles. The van der Waals surface area contributed by atoms with E-state index in [1.165, 1.54) is 23.1 Å². The average Bonchev–Trinajstić information content (AvgIpc) is 3.38. The fraction of sp³-hybridized carbons (Fsp3) is 0.227. The SMILES string of the molecule is CCn1c(SCC(=O)Nc2ccc(C)cc2C)nc2scc(-c3cccs3)c2c1=O. The van der Waals surface area contributed by atoms with Gasteiger partial charge >= 0.3 is 0 Å². The second-order valence-corrected chi connectivity index (χ2v) is 9.65. The van der Waals surface area contributed by atoms with Gasteiger partial charge in [0, 0.05) is 28.1 Å². The Morgan fingerprint density at radius 1 is 1.23 bits per heavy atom. The highest BCUT2D eigenvalue weighted by Crippen LogP contribution is 2.34. The number of amides is 1. The van der Waals surface area contributed by atoms with E-state index in [-0.39, 0.29) is 17.2 Å². The Morgan fingerprint density at radius 2 is 2.07 bits per heavy atom. The number of rotatable bonds is 6. The Morgan fingerprint density at radius 3 is 2.77 bits per heavy atom. The fourth-order valence-electron chi connectivity index (χ4n) is 3.28. The highest BCUT2D eigenvalue weighted by atomic mass is 32.2. The molecule has 8 heteroatoms. The van der Waals surface area contributed by atoms with E-state index >= 15 is 0 Å². The third-order valence-corrected chi connectivity index (χ3v) is 7.50. The van der Waals surface area contributed by atoms with Gasteiger partial charge < -0.3 is 5.32 Å². The zero-order chi connectivity index (χ0) is 21.3. The van der Waals surface area contributed by atoms with Crippen LogP contribution < -0.4 is 10.9 Å². The lowest BCUT2D eigenvalue weighted by atomic mass is 10.1. The van der Waals surface area contributed by atoms with Gasteiger partial charge in [0.15, 0.2) is 5.16 Å². The van der Waals surface area contributed by atoms with Crippen LogP contribution in [0.25, 0.3) is 20.7 Å². The number of anilines is 1. The van der Waals surface area contributed by atoms with Crippen molar-refractivity contribution in [3.05, 3.63) is 62.6 Å². The normalized spacial score (nSPS) is 11.2. The highest BCUT2D eigenvalue weighted by Gasteiger charge is 2.18. The number of nitrogens with zero attached hydrogens (tertiary/aromatic N) is 2. The van der Waals surface area contributed by atoms with Crippen molar-refractivity contribution < 1.29 is 4.79 Å². The molecular formula is C22H21N3O2S3. The molecule has 0 atom stereocenters. The molecule has 4 aromatic rings. The lowest BCUT2D eigenvalue weighted by molar-refractivity contribution is -0.113. The molecular weight excluding hydrogens is 434 g/mol. The van der Waals surface area contributed by atoms with E-state index < -0.39 is 0 Å². The Labute approximate surface area is 186 Å². The minimum atomic E-state index is -0.116. The van der Waals surface area contributed by atoms with Gasteiger partial charge in [-0.2, -0.15) is 0 Å². The first kappa shape index (κ1) is 20.8. The molecule has 0 bridgehead atoms. The molecule has 1 aromatic carbocycles. The third kappa shape index (κ3) is 4.08. The number of hydrogen-bond acceptors (Lipinski definition) is 6. The largest absolute Gasteiger partial charge is 0.325 e. The minimum Gasteiger partial charge on any atom is -0.325 e. The van der Waals surface area contributed by atoms with E-state index in [2.05, 4.69) is 5.32 Å². The second kappa shape index (κ2) is 8.75. The molecule has 5 nitrogen and oxygen atoms in total. The van der Waals surface area contributed by atoms with Crippen molar-refractivity contribution in [2.45, 2.75) is 32.5 Å². The van der Waals surface area contributed by atoms with Gasteiger partial charge in [-0.15, -0.1) is 22.7 Å². The van der Waals surface area contributed by atoms with Crippen molar-refractivity contribution in [2.24, 2.45) is 0 Å². The van der Waals surface area contributed by atoms with Gasteiger partial charge in [-0.1, -0.05) is 35.5 Å². The monoisotopic (exact) mass is 455 g/mol. The quantitative estimate of drug-likeness (QED) is 0.306. The highest BCUT2D eigenvalue weighted by molar-refractivity contribution is 7.99. The standard InChI is InChI=1S/C22H21N3O2S3/c1-4-25-21(27)19-15(17-6-5-9-28-17)11-29-20(19)24-22(25)30-12-18(26)23-16-8-7-13(2)10-14(16)3/h5-11H,4,12H2,1-3H3,(H,23,26). The van der Waals surface area contributed by atoms with Crippen molar-refractivity contribution in [1.29, 1.82) is 0 Å². The summed E-state index contributed by atoms with van der Waals surface area (Å²) in [5.41, 5.74) is 3.87. The smallest absolute Gasteiger partial charge is 0.263 e. The van der Waals surface area contributed by atoms with Gasteiger partial charge in [0.1, 0.15) is 4.83 Å². The molecule has 0 radical (unpaired) electrons.